The SMILES string of the molecule is CCOc1ccc(N)c(Nc2cc(C)ccc2OC)c1. The first-order chi connectivity index (χ1) is 9.63. The highest BCUT2D eigenvalue weighted by molar-refractivity contribution is 5.76. The Kier molecular flexibility index (Phi) is 4.35. The molecule has 20 heavy (non-hydrogen) atoms. The molecule has 4 nitrogen and oxygen atoms in total. The van der Waals surface area contributed by atoms with Gasteiger partial charge in [0.15, 0.2) is 0 Å². The summed E-state index contributed by atoms with van der Waals surface area (Å²) in [6, 6.07) is 11.5. The van der Waals surface area contributed by atoms with E-state index in [1.54, 1.807) is 7.11 Å². The van der Waals surface area contributed by atoms with Crippen LogP contribution in [0.4, 0.5) is 17.1 Å². The highest BCUT2D eigenvalue weighted by Crippen LogP contribution is 2.32. The number of ether oxygens (including phenoxy) is 2. The van der Waals surface area contributed by atoms with Crippen molar-refractivity contribution in [2.75, 3.05) is 24.8 Å². The summed E-state index contributed by atoms with van der Waals surface area (Å²) in [5, 5.41) is 3.30. The molecule has 0 fully saturated rings. The quantitative estimate of drug-likeness (QED) is 0.814. The molecule has 0 unspecified atom stereocenters. The summed E-state index contributed by atoms with van der Waals surface area (Å²) in [5.41, 5.74) is 9.50. The molecule has 106 valence electrons. The van der Waals surface area contributed by atoms with Crippen LogP contribution in [0.5, 0.6) is 11.5 Å². The fourth-order valence-electron chi connectivity index (χ4n) is 1.96. The van der Waals surface area contributed by atoms with E-state index in [1.165, 1.54) is 0 Å². The lowest BCUT2D eigenvalue weighted by Crippen LogP contribution is -2.00. The maximum absolute atomic E-state index is 6.00. The molecule has 0 bridgehead atoms. The third-order valence-corrected chi connectivity index (χ3v) is 2.96. The number of nitrogens with two attached hydrogens (primary N) is 1. The number of methoxy groups -OCH3 is 1. The summed E-state index contributed by atoms with van der Waals surface area (Å²) in [4.78, 5) is 0. The van der Waals surface area contributed by atoms with E-state index < -0.39 is 0 Å². The number of hydrogen-bond acceptors (Lipinski definition) is 4. The Hall–Kier alpha value is -2.36. The zero-order chi connectivity index (χ0) is 14.5. The summed E-state index contributed by atoms with van der Waals surface area (Å²) < 4.78 is 10.8. The van der Waals surface area contributed by atoms with Crippen LogP contribution in [-0.2, 0) is 0 Å². The normalized spacial score (nSPS) is 10.2. The molecule has 0 radical (unpaired) electrons. The highest BCUT2D eigenvalue weighted by Gasteiger charge is 2.07. The molecule has 0 aliphatic carbocycles. The topological polar surface area (TPSA) is 56.5 Å². The Bertz CT molecular complexity index is 597. The number of nitrogens with one attached hydrogen (secondary N) is 1. The summed E-state index contributed by atoms with van der Waals surface area (Å²) in [6.45, 7) is 4.61. The van der Waals surface area contributed by atoms with Crippen LogP contribution in [-0.4, -0.2) is 13.7 Å². The largest absolute Gasteiger partial charge is 0.495 e. The van der Waals surface area contributed by atoms with Crippen molar-refractivity contribution in [1.29, 1.82) is 0 Å². The molecule has 0 saturated heterocycles. The van der Waals surface area contributed by atoms with Gasteiger partial charge in [-0.2, -0.15) is 0 Å². The van der Waals surface area contributed by atoms with Crippen LogP contribution >= 0.6 is 0 Å². The van der Waals surface area contributed by atoms with Gasteiger partial charge in [-0.3, -0.25) is 0 Å². The highest BCUT2D eigenvalue weighted by atomic mass is 16.5. The molecule has 0 aromatic heterocycles. The molecular formula is C16H20N2O2. The van der Waals surface area contributed by atoms with Gasteiger partial charge in [-0.05, 0) is 43.7 Å². The molecule has 0 saturated carbocycles. The molecule has 0 heterocycles. The van der Waals surface area contributed by atoms with Crippen molar-refractivity contribution in [3.63, 3.8) is 0 Å². The summed E-state index contributed by atoms with van der Waals surface area (Å²) in [5.74, 6) is 1.56. The molecule has 2 rings (SSSR count). The smallest absolute Gasteiger partial charge is 0.142 e. The molecule has 0 atom stereocenters. The van der Waals surface area contributed by atoms with Crippen LogP contribution in [0.1, 0.15) is 12.5 Å². The van der Waals surface area contributed by atoms with Crippen molar-refractivity contribution in [2.24, 2.45) is 0 Å². The van der Waals surface area contributed by atoms with Crippen molar-refractivity contribution >= 4 is 17.1 Å². The number of benzene rings is 2. The second-order valence-corrected chi connectivity index (χ2v) is 4.51. The third-order valence-electron chi connectivity index (χ3n) is 2.96. The molecular weight excluding hydrogens is 252 g/mol. The molecule has 2 aromatic rings. The Morgan fingerprint density at radius 1 is 1.10 bits per heavy atom. The lowest BCUT2D eigenvalue weighted by Gasteiger charge is -2.14. The van der Waals surface area contributed by atoms with Gasteiger partial charge >= 0.3 is 0 Å². The summed E-state index contributed by atoms with van der Waals surface area (Å²) in [7, 11) is 1.65. The van der Waals surface area contributed by atoms with E-state index in [-0.39, 0.29) is 0 Å². The van der Waals surface area contributed by atoms with Crippen molar-refractivity contribution in [2.45, 2.75) is 13.8 Å². The minimum Gasteiger partial charge on any atom is -0.495 e. The van der Waals surface area contributed by atoms with Crippen LogP contribution < -0.4 is 20.5 Å². The van der Waals surface area contributed by atoms with E-state index >= 15 is 0 Å². The summed E-state index contributed by atoms with van der Waals surface area (Å²) >= 11 is 0. The third kappa shape index (κ3) is 3.15. The minimum absolute atomic E-state index is 0.622. The zero-order valence-corrected chi connectivity index (χ0v) is 12.1. The Balaban J connectivity index is 2.33. The van der Waals surface area contributed by atoms with Crippen LogP contribution in [0.2, 0.25) is 0 Å². The van der Waals surface area contributed by atoms with E-state index in [2.05, 4.69) is 5.32 Å². The van der Waals surface area contributed by atoms with Crippen molar-refractivity contribution in [3.05, 3.63) is 42.0 Å². The maximum Gasteiger partial charge on any atom is 0.142 e. The predicted molar refractivity (Wildman–Crippen MR) is 83.0 cm³/mol. The lowest BCUT2D eigenvalue weighted by molar-refractivity contribution is 0.340. The molecule has 0 aliphatic heterocycles. The van der Waals surface area contributed by atoms with Gasteiger partial charge < -0.3 is 20.5 Å². The van der Waals surface area contributed by atoms with Gasteiger partial charge in [0.05, 0.1) is 30.8 Å². The van der Waals surface area contributed by atoms with Gasteiger partial charge in [-0.1, -0.05) is 6.07 Å². The van der Waals surface area contributed by atoms with E-state index in [9.17, 15) is 0 Å². The molecule has 4 heteroatoms. The van der Waals surface area contributed by atoms with E-state index in [0.717, 1.165) is 28.4 Å². The molecule has 0 amide bonds. The van der Waals surface area contributed by atoms with Crippen molar-refractivity contribution in [1.82, 2.24) is 0 Å². The predicted octanol–water partition coefficient (Wildman–Crippen LogP) is 3.73. The minimum atomic E-state index is 0.622. The fourth-order valence-corrected chi connectivity index (χ4v) is 1.96. The van der Waals surface area contributed by atoms with Gasteiger partial charge in [-0.15, -0.1) is 0 Å². The molecule has 2 aromatic carbocycles. The summed E-state index contributed by atoms with van der Waals surface area (Å²) in [6.07, 6.45) is 0. The van der Waals surface area contributed by atoms with Crippen molar-refractivity contribution in [3.8, 4) is 11.5 Å². The number of anilines is 3. The van der Waals surface area contributed by atoms with Gasteiger partial charge in [0.1, 0.15) is 11.5 Å². The van der Waals surface area contributed by atoms with Crippen LogP contribution in [0, 0.1) is 6.92 Å². The number of nitrogen functional groups attached to an aromatic ring is 1. The van der Waals surface area contributed by atoms with Gasteiger partial charge in [0, 0.05) is 6.07 Å². The average Bonchev–Trinajstić information content (AvgIpc) is 2.43. The Morgan fingerprint density at radius 3 is 2.60 bits per heavy atom. The zero-order valence-electron chi connectivity index (χ0n) is 12.1. The number of hydrogen-bond donors (Lipinski definition) is 2. The standard InChI is InChI=1S/C16H20N2O2/c1-4-20-12-6-7-13(17)14(10-12)18-15-9-11(2)5-8-16(15)19-3/h5-10,18H,4,17H2,1-3H3. The van der Waals surface area contributed by atoms with Gasteiger partial charge in [0.2, 0.25) is 0 Å². The molecule has 0 aliphatic rings. The molecule has 3 N–H and O–H groups in total. The Labute approximate surface area is 119 Å². The second kappa shape index (κ2) is 6.19. The first kappa shape index (κ1) is 14.1. The van der Waals surface area contributed by atoms with Crippen LogP contribution in [0.3, 0.4) is 0 Å². The van der Waals surface area contributed by atoms with E-state index in [4.69, 9.17) is 15.2 Å². The van der Waals surface area contributed by atoms with Crippen LogP contribution in [0.25, 0.3) is 0 Å². The van der Waals surface area contributed by atoms with Gasteiger partial charge in [0.25, 0.3) is 0 Å². The lowest BCUT2D eigenvalue weighted by atomic mass is 10.2. The second-order valence-electron chi connectivity index (χ2n) is 4.51. The van der Waals surface area contributed by atoms with Crippen molar-refractivity contribution < 1.29 is 9.47 Å². The average molecular weight is 272 g/mol. The van der Waals surface area contributed by atoms with E-state index in [1.807, 2.05) is 50.2 Å². The monoisotopic (exact) mass is 272 g/mol. The van der Waals surface area contributed by atoms with Crippen LogP contribution in [0.15, 0.2) is 36.4 Å². The first-order valence-corrected chi connectivity index (χ1v) is 6.58. The number of rotatable bonds is 5. The Morgan fingerprint density at radius 2 is 1.90 bits per heavy atom. The molecule has 0 spiro atoms. The first-order valence-electron chi connectivity index (χ1n) is 6.58. The van der Waals surface area contributed by atoms with E-state index in [0.29, 0.717) is 12.3 Å². The maximum atomic E-state index is 6.00. The number of aryl methyl sites for hydroxylation is 1. The fraction of sp³-hybridized carbons (Fsp3) is 0.250. The van der Waals surface area contributed by atoms with Gasteiger partial charge in [-0.25, -0.2) is 0 Å².